The van der Waals surface area contributed by atoms with Crippen LogP contribution in [0.2, 0.25) is 0 Å². The molecule has 0 aliphatic heterocycles. The number of benzene rings is 1. The summed E-state index contributed by atoms with van der Waals surface area (Å²) in [5.41, 5.74) is 1.17. The molecule has 3 aromatic rings. The van der Waals surface area contributed by atoms with E-state index in [1.807, 2.05) is 0 Å². The minimum absolute atomic E-state index is 0.0265. The largest absolute Gasteiger partial charge is 0.493 e. The van der Waals surface area contributed by atoms with E-state index in [1.54, 1.807) is 12.1 Å². The quantitative estimate of drug-likeness (QED) is 0.725. The highest BCUT2D eigenvalue weighted by molar-refractivity contribution is 7.21. The van der Waals surface area contributed by atoms with Crippen LogP contribution in [0.25, 0.3) is 21.2 Å². The summed E-state index contributed by atoms with van der Waals surface area (Å²) in [5.74, 6) is -1.32. The fourth-order valence-electron chi connectivity index (χ4n) is 2.25. The summed E-state index contributed by atoms with van der Waals surface area (Å²) in [6.07, 6.45) is 1.31. The second-order valence-corrected chi connectivity index (χ2v) is 6.08. The molecule has 0 saturated carbocycles. The Bertz CT molecular complexity index is 879. The fourth-order valence-corrected chi connectivity index (χ4v) is 3.29. The van der Waals surface area contributed by atoms with E-state index in [1.165, 1.54) is 31.8 Å². The Hall–Kier alpha value is -2.41. The van der Waals surface area contributed by atoms with Gasteiger partial charge in [0.2, 0.25) is 0 Å². The van der Waals surface area contributed by atoms with Gasteiger partial charge in [0.15, 0.2) is 23.5 Å². The minimum Gasteiger partial charge on any atom is -0.493 e. The molecule has 0 spiro atoms. The predicted octanol–water partition coefficient (Wildman–Crippen LogP) is 3.34. The number of rotatable bonds is 5. The Morgan fingerprint density at radius 2 is 2.23 bits per heavy atom. The monoisotopic (exact) mass is 319 g/mol. The van der Waals surface area contributed by atoms with Crippen LogP contribution >= 0.6 is 11.3 Å². The van der Waals surface area contributed by atoms with Gasteiger partial charge >= 0.3 is 5.97 Å². The van der Waals surface area contributed by atoms with Crippen LogP contribution in [0, 0.1) is 5.92 Å². The number of fused-ring (bicyclic) bond motifs is 3. The van der Waals surface area contributed by atoms with Gasteiger partial charge in [0, 0.05) is 22.6 Å². The zero-order valence-electron chi connectivity index (χ0n) is 12.0. The third-order valence-corrected chi connectivity index (χ3v) is 4.60. The first-order valence-electron chi connectivity index (χ1n) is 6.61. The van der Waals surface area contributed by atoms with Crippen molar-refractivity contribution in [2.24, 2.45) is 5.92 Å². The molecule has 0 radical (unpaired) electrons. The average Bonchev–Trinajstić information content (AvgIpc) is 3.11. The van der Waals surface area contributed by atoms with Gasteiger partial charge in [-0.2, -0.15) is 0 Å². The van der Waals surface area contributed by atoms with Crippen LogP contribution in [0.3, 0.4) is 0 Å². The number of hydrogen-bond donors (Lipinski definition) is 1. The molecule has 1 atom stereocenters. The molecule has 6 nitrogen and oxygen atoms in total. The van der Waals surface area contributed by atoms with Gasteiger partial charge in [0.25, 0.3) is 0 Å². The van der Waals surface area contributed by atoms with E-state index in [4.69, 9.17) is 14.3 Å². The van der Waals surface area contributed by atoms with Crippen molar-refractivity contribution in [3.8, 4) is 5.75 Å². The van der Waals surface area contributed by atoms with Crippen LogP contribution in [0.4, 0.5) is 0 Å². The van der Waals surface area contributed by atoms with Crippen molar-refractivity contribution in [3.63, 3.8) is 0 Å². The molecule has 0 bridgehead atoms. The van der Waals surface area contributed by atoms with E-state index >= 15 is 0 Å². The molecule has 0 saturated heterocycles. The highest BCUT2D eigenvalue weighted by atomic mass is 32.1. The molecule has 1 aromatic carbocycles. The Balaban J connectivity index is 2.06. The summed E-state index contributed by atoms with van der Waals surface area (Å²) in [4.78, 5) is 27.8. The van der Waals surface area contributed by atoms with Crippen LogP contribution in [0.1, 0.15) is 23.0 Å². The first-order valence-corrected chi connectivity index (χ1v) is 7.42. The van der Waals surface area contributed by atoms with Crippen molar-refractivity contribution in [3.05, 3.63) is 23.4 Å². The van der Waals surface area contributed by atoms with Crippen LogP contribution in [-0.2, 0) is 4.79 Å². The number of aliphatic carboxylic acids is 1. The number of Topliss-reactive ketones (excluding diaryl/α,β-unsaturated/α-hetero) is 1. The van der Waals surface area contributed by atoms with Crippen molar-refractivity contribution >= 4 is 44.3 Å². The number of carboxylic acids is 1. The summed E-state index contributed by atoms with van der Waals surface area (Å²) in [6.45, 7) is 1.52. The van der Waals surface area contributed by atoms with E-state index in [9.17, 15) is 9.59 Å². The number of hydrogen-bond acceptors (Lipinski definition) is 6. The SMILES string of the molecule is COc1cc2sc(C(=O)C[C@@H](C)C(=O)O)cc2c2ncoc12. The van der Waals surface area contributed by atoms with E-state index in [0.717, 1.165) is 10.1 Å². The molecule has 3 rings (SSSR count). The number of carbonyl (C=O) groups is 2. The Kier molecular flexibility index (Phi) is 3.58. The van der Waals surface area contributed by atoms with Crippen molar-refractivity contribution in [1.82, 2.24) is 4.98 Å². The second kappa shape index (κ2) is 5.42. The number of ketones is 1. The molecule has 0 fully saturated rings. The molecule has 0 aliphatic rings. The minimum atomic E-state index is -0.977. The topological polar surface area (TPSA) is 89.6 Å². The normalized spacial score (nSPS) is 12.6. The van der Waals surface area contributed by atoms with Crippen LogP contribution in [-0.4, -0.2) is 29.0 Å². The molecule has 0 unspecified atom stereocenters. The van der Waals surface area contributed by atoms with E-state index in [-0.39, 0.29) is 12.2 Å². The molecule has 1 N–H and O–H groups in total. The van der Waals surface area contributed by atoms with Gasteiger partial charge in [-0.25, -0.2) is 4.98 Å². The molecule has 114 valence electrons. The van der Waals surface area contributed by atoms with E-state index in [2.05, 4.69) is 4.98 Å². The van der Waals surface area contributed by atoms with Gasteiger partial charge in [-0.15, -0.1) is 11.3 Å². The smallest absolute Gasteiger partial charge is 0.306 e. The number of oxazole rings is 1. The number of nitrogens with zero attached hydrogens (tertiary/aromatic N) is 1. The van der Waals surface area contributed by atoms with Gasteiger partial charge in [-0.3, -0.25) is 9.59 Å². The number of carbonyl (C=O) groups excluding carboxylic acids is 1. The van der Waals surface area contributed by atoms with E-state index in [0.29, 0.717) is 21.7 Å². The third-order valence-electron chi connectivity index (χ3n) is 3.48. The van der Waals surface area contributed by atoms with Gasteiger partial charge < -0.3 is 14.3 Å². The van der Waals surface area contributed by atoms with Crippen molar-refractivity contribution in [2.75, 3.05) is 7.11 Å². The summed E-state index contributed by atoms with van der Waals surface area (Å²) < 4.78 is 11.4. The molecule has 2 aromatic heterocycles. The summed E-state index contributed by atoms with van der Waals surface area (Å²) >= 11 is 1.30. The lowest BCUT2D eigenvalue weighted by atomic mass is 10.0. The highest BCUT2D eigenvalue weighted by Crippen LogP contribution is 2.37. The standard InChI is InChI=1S/C15H13NO5S/c1-7(15(18)19)3-9(17)12-4-8-11(22-12)5-10(20-2)14-13(8)16-6-21-14/h4-7H,3H2,1-2H3,(H,18,19)/t7-/m1/s1. The molecule has 0 aliphatic carbocycles. The average molecular weight is 319 g/mol. The van der Waals surface area contributed by atoms with Gasteiger partial charge in [0.1, 0.15) is 5.52 Å². The molecular weight excluding hydrogens is 306 g/mol. The maximum absolute atomic E-state index is 12.2. The highest BCUT2D eigenvalue weighted by Gasteiger charge is 2.21. The lowest BCUT2D eigenvalue weighted by Gasteiger charge is -2.02. The summed E-state index contributed by atoms with van der Waals surface area (Å²) in [6, 6.07) is 3.53. The summed E-state index contributed by atoms with van der Waals surface area (Å²) in [5, 5.41) is 9.72. The maximum Gasteiger partial charge on any atom is 0.306 e. The number of aromatic nitrogens is 1. The zero-order chi connectivity index (χ0) is 15.9. The first-order chi connectivity index (χ1) is 10.5. The van der Waals surface area contributed by atoms with Gasteiger partial charge in [0.05, 0.1) is 17.9 Å². The maximum atomic E-state index is 12.2. The van der Waals surface area contributed by atoms with Crippen molar-refractivity contribution in [1.29, 1.82) is 0 Å². The zero-order valence-corrected chi connectivity index (χ0v) is 12.8. The molecule has 2 heterocycles. The van der Waals surface area contributed by atoms with Crippen LogP contribution in [0.5, 0.6) is 5.75 Å². The first kappa shape index (κ1) is 14.5. The molecule has 0 amide bonds. The van der Waals surface area contributed by atoms with Gasteiger partial charge in [-0.1, -0.05) is 6.92 Å². The van der Waals surface area contributed by atoms with Gasteiger partial charge in [-0.05, 0) is 6.07 Å². The van der Waals surface area contributed by atoms with Crippen molar-refractivity contribution in [2.45, 2.75) is 13.3 Å². The predicted molar refractivity (Wildman–Crippen MR) is 81.7 cm³/mol. The number of ether oxygens (including phenoxy) is 1. The number of thiophene rings is 1. The Labute approximate surface area is 129 Å². The fraction of sp³-hybridized carbons (Fsp3) is 0.267. The lowest BCUT2D eigenvalue weighted by Crippen LogP contribution is -2.13. The Morgan fingerprint density at radius 3 is 2.91 bits per heavy atom. The van der Waals surface area contributed by atoms with E-state index < -0.39 is 11.9 Å². The summed E-state index contributed by atoms with van der Waals surface area (Å²) in [7, 11) is 1.54. The molecule has 22 heavy (non-hydrogen) atoms. The lowest BCUT2D eigenvalue weighted by molar-refractivity contribution is -0.141. The second-order valence-electron chi connectivity index (χ2n) is 5.00. The molecule has 7 heteroatoms. The molecular formula is C15H13NO5S. The van der Waals surface area contributed by atoms with Crippen molar-refractivity contribution < 1.29 is 23.8 Å². The van der Waals surface area contributed by atoms with Crippen LogP contribution < -0.4 is 4.74 Å². The number of methoxy groups -OCH3 is 1. The Morgan fingerprint density at radius 1 is 1.45 bits per heavy atom. The van der Waals surface area contributed by atoms with Crippen LogP contribution in [0.15, 0.2) is 22.9 Å². The third kappa shape index (κ3) is 2.33. The number of carboxylic acid groups (broad SMARTS) is 1.